The molecule has 0 fully saturated rings. The lowest BCUT2D eigenvalue weighted by molar-refractivity contribution is 0.154. The van der Waals surface area contributed by atoms with Crippen LogP contribution < -0.4 is 4.90 Å². The predicted molar refractivity (Wildman–Crippen MR) is 85.7 cm³/mol. The Morgan fingerprint density at radius 3 is 2.24 bits per heavy atom. The number of halogens is 1. The molecule has 3 nitrogen and oxygen atoms in total. The molecule has 0 aromatic heterocycles. The van der Waals surface area contributed by atoms with E-state index >= 15 is 0 Å². The van der Waals surface area contributed by atoms with Gasteiger partial charge in [0.15, 0.2) is 0 Å². The second kappa shape index (κ2) is 7.70. The first kappa shape index (κ1) is 15.4. The van der Waals surface area contributed by atoms with E-state index in [1.165, 1.54) is 0 Å². The van der Waals surface area contributed by atoms with Gasteiger partial charge in [0.2, 0.25) is 0 Å². The molecule has 2 aromatic rings. The van der Waals surface area contributed by atoms with Crippen LogP contribution in [0.2, 0.25) is 0 Å². The molecule has 0 N–H and O–H groups in total. The number of carbonyl (C=O) groups is 1. The van der Waals surface area contributed by atoms with Crippen molar-refractivity contribution in [1.82, 2.24) is 0 Å². The molecule has 0 aliphatic rings. The summed E-state index contributed by atoms with van der Waals surface area (Å²) < 4.78 is 5.25. The van der Waals surface area contributed by atoms with Crippen molar-refractivity contribution in [3.8, 4) is 0 Å². The van der Waals surface area contributed by atoms with Crippen molar-refractivity contribution in [2.45, 2.75) is 18.8 Å². The lowest BCUT2D eigenvalue weighted by Crippen LogP contribution is -2.32. The third-order valence-corrected chi connectivity index (χ3v) is 3.03. The molecular weight excluding hydrogens is 286 g/mol. The van der Waals surface area contributed by atoms with Gasteiger partial charge in [-0.25, -0.2) is 4.79 Å². The quantitative estimate of drug-likeness (QED) is 0.763. The minimum atomic E-state index is -0.391. The molecule has 0 aliphatic carbocycles. The van der Waals surface area contributed by atoms with Gasteiger partial charge in [0.1, 0.15) is 6.61 Å². The van der Waals surface area contributed by atoms with Crippen molar-refractivity contribution in [2.75, 3.05) is 11.5 Å². The zero-order valence-corrected chi connectivity index (χ0v) is 12.7. The molecule has 1 amide bonds. The Morgan fingerprint density at radius 1 is 1.10 bits per heavy atom. The minimum absolute atomic E-state index is 0.193. The molecular formula is C17H18ClNO2. The second-order valence-electron chi connectivity index (χ2n) is 4.76. The summed E-state index contributed by atoms with van der Waals surface area (Å²) in [6.07, 6.45) is -0.391. The highest BCUT2D eigenvalue weighted by molar-refractivity contribution is 6.20. The summed E-state index contributed by atoms with van der Waals surface area (Å²) in [5, 5.41) is -0.205. The maximum atomic E-state index is 12.3. The van der Waals surface area contributed by atoms with Gasteiger partial charge < -0.3 is 4.74 Å². The van der Waals surface area contributed by atoms with Crippen LogP contribution in [-0.4, -0.2) is 18.1 Å². The zero-order valence-electron chi connectivity index (χ0n) is 11.9. The van der Waals surface area contributed by atoms with Crippen molar-refractivity contribution >= 4 is 23.4 Å². The van der Waals surface area contributed by atoms with Gasteiger partial charge in [-0.3, -0.25) is 4.90 Å². The van der Waals surface area contributed by atoms with E-state index in [2.05, 4.69) is 0 Å². The number of hydrogen-bond acceptors (Lipinski definition) is 2. The number of nitrogens with zero attached hydrogens (tertiary/aromatic N) is 1. The summed E-state index contributed by atoms with van der Waals surface area (Å²) in [6.45, 7) is 2.44. The fourth-order valence-corrected chi connectivity index (χ4v) is 1.96. The van der Waals surface area contributed by atoms with E-state index < -0.39 is 6.09 Å². The monoisotopic (exact) mass is 303 g/mol. The molecule has 0 unspecified atom stereocenters. The summed E-state index contributed by atoms with van der Waals surface area (Å²) in [5.41, 5.74) is 1.84. The number of hydrogen-bond donors (Lipinski definition) is 0. The molecule has 2 aromatic carbocycles. The van der Waals surface area contributed by atoms with Crippen molar-refractivity contribution in [3.63, 3.8) is 0 Å². The molecule has 110 valence electrons. The minimum Gasteiger partial charge on any atom is -0.448 e. The van der Waals surface area contributed by atoms with Crippen LogP contribution in [0, 0.1) is 0 Å². The van der Waals surface area contributed by atoms with Gasteiger partial charge in [-0.15, -0.1) is 11.6 Å². The number of alkyl halides is 1. The Bertz CT molecular complexity index is 558. The molecule has 2 rings (SSSR count). The number of carbonyl (C=O) groups excluding carboxylic acids is 1. The molecule has 0 radical (unpaired) electrons. The highest BCUT2D eigenvalue weighted by Gasteiger charge is 2.18. The maximum Gasteiger partial charge on any atom is 0.414 e. The van der Waals surface area contributed by atoms with E-state index in [-0.39, 0.29) is 12.0 Å². The van der Waals surface area contributed by atoms with E-state index in [0.717, 1.165) is 11.3 Å². The van der Waals surface area contributed by atoms with E-state index in [1.807, 2.05) is 60.7 Å². The molecule has 0 saturated carbocycles. The average molecular weight is 304 g/mol. The summed E-state index contributed by atoms with van der Waals surface area (Å²) >= 11 is 5.84. The Kier molecular flexibility index (Phi) is 5.64. The molecule has 0 bridgehead atoms. The number of benzene rings is 2. The van der Waals surface area contributed by atoms with Crippen LogP contribution in [0.5, 0.6) is 0 Å². The lowest BCUT2D eigenvalue weighted by Gasteiger charge is -2.22. The number of amides is 1. The third kappa shape index (κ3) is 4.80. The van der Waals surface area contributed by atoms with E-state index in [1.54, 1.807) is 11.8 Å². The first-order valence-electron chi connectivity index (χ1n) is 6.84. The second-order valence-corrected chi connectivity index (χ2v) is 5.51. The Balaban J connectivity index is 2.16. The average Bonchev–Trinajstić information content (AvgIpc) is 2.52. The van der Waals surface area contributed by atoms with Crippen LogP contribution in [0.4, 0.5) is 10.5 Å². The van der Waals surface area contributed by atoms with Crippen LogP contribution in [0.3, 0.4) is 0 Å². The molecule has 1 atom stereocenters. The largest absolute Gasteiger partial charge is 0.448 e. The van der Waals surface area contributed by atoms with Crippen LogP contribution in [0.15, 0.2) is 60.7 Å². The number of anilines is 1. The Hall–Kier alpha value is -2.00. The maximum absolute atomic E-state index is 12.3. The number of para-hydroxylation sites is 1. The molecule has 4 heteroatoms. The van der Waals surface area contributed by atoms with Gasteiger partial charge in [0, 0.05) is 5.69 Å². The lowest BCUT2D eigenvalue weighted by atomic mass is 10.2. The molecule has 0 saturated heterocycles. The van der Waals surface area contributed by atoms with Gasteiger partial charge in [-0.1, -0.05) is 48.5 Å². The zero-order chi connectivity index (χ0) is 15.1. The fourth-order valence-electron chi connectivity index (χ4n) is 1.90. The summed E-state index contributed by atoms with van der Waals surface area (Å²) in [6, 6.07) is 19.3. The smallest absolute Gasteiger partial charge is 0.414 e. The van der Waals surface area contributed by atoms with Crippen molar-refractivity contribution in [3.05, 3.63) is 66.2 Å². The Morgan fingerprint density at radius 2 is 1.67 bits per heavy atom. The van der Waals surface area contributed by atoms with E-state index in [4.69, 9.17) is 16.3 Å². The van der Waals surface area contributed by atoms with Crippen LogP contribution in [0.1, 0.15) is 12.5 Å². The van der Waals surface area contributed by atoms with Crippen molar-refractivity contribution < 1.29 is 9.53 Å². The number of rotatable bonds is 5. The van der Waals surface area contributed by atoms with Crippen molar-refractivity contribution in [2.24, 2.45) is 0 Å². The summed E-state index contributed by atoms with van der Waals surface area (Å²) in [5.74, 6) is 0. The molecule has 0 spiro atoms. The van der Waals surface area contributed by atoms with Gasteiger partial charge in [-0.2, -0.15) is 0 Å². The van der Waals surface area contributed by atoms with Gasteiger partial charge in [-0.05, 0) is 24.6 Å². The predicted octanol–water partition coefficient (Wildman–Crippen LogP) is 4.46. The summed E-state index contributed by atoms with van der Waals surface area (Å²) in [4.78, 5) is 13.9. The molecule has 0 heterocycles. The van der Waals surface area contributed by atoms with Crippen molar-refractivity contribution in [1.29, 1.82) is 0 Å². The normalized spacial score (nSPS) is 11.7. The first-order valence-corrected chi connectivity index (χ1v) is 7.28. The first-order chi connectivity index (χ1) is 10.2. The van der Waals surface area contributed by atoms with Crippen LogP contribution in [0.25, 0.3) is 0 Å². The van der Waals surface area contributed by atoms with Crippen LogP contribution >= 0.6 is 11.6 Å². The SMILES string of the molecule is C[C@@H](Cl)COC(=O)N(Cc1ccccc1)c1ccccc1. The Labute approximate surface area is 130 Å². The van der Waals surface area contributed by atoms with E-state index in [0.29, 0.717) is 6.54 Å². The van der Waals surface area contributed by atoms with Crippen LogP contribution in [-0.2, 0) is 11.3 Å². The van der Waals surface area contributed by atoms with Gasteiger partial charge in [0.05, 0.1) is 11.9 Å². The van der Waals surface area contributed by atoms with Gasteiger partial charge in [0.25, 0.3) is 0 Å². The highest BCUT2D eigenvalue weighted by atomic mass is 35.5. The standard InChI is InChI=1S/C17H18ClNO2/c1-14(18)13-21-17(20)19(16-10-6-3-7-11-16)12-15-8-4-2-5-9-15/h2-11,14H,12-13H2,1H3/t14-/m1/s1. The fraction of sp³-hybridized carbons (Fsp3) is 0.235. The molecule has 21 heavy (non-hydrogen) atoms. The number of ether oxygens (including phenoxy) is 1. The highest BCUT2D eigenvalue weighted by Crippen LogP contribution is 2.18. The summed E-state index contributed by atoms with van der Waals surface area (Å²) in [7, 11) is 0. The van der Waals surface area contributed by atoms with E-state index in [9.17, 15) is 4.79 Å². The third-order valence-electron chi connectivity index (χ3n) is 2.91. The molecule has 0 aliphatic heterocycles. The van der Waals surface area contributed by atoms with Gasteiger partial charge >= 0.3 is 6.09 Å². The topological polar surface area (TPSA) is 29.5 Å².